The fourth-order valence-electron chi connectivity index (χ4n) is 2.04. The number of carbonyl (C=O) groups excluding carboxylic acids is 1. The van der Waals surface area contributed by atoms with E-state index in [4.69, 9.17) is 15.3 Å². The molecule has 5 heteroatoms. The zero-order valence-corrected chi connectivity index (χ0v) is 12.0. The first-order valence-electron chi connectivity index (χ1n) is 6.23. The van der Waals surface area contributed by atoms with E-state index >= 15 is 0 Å². The highest BCUT2D eigenvalue weighted by Crippen LogP contribution is 2.32. The summed E-state index contributed by atoms with van der Waals surface area (Å²) in [5.41, 5.74) is 2.05. The molecule has 1 rings (SSSR count). The summed E-state index contributed by atoms with van der Waals surface area (Å²) in [7, 11) is 4.84. The Morgan fingerprint density at radius 3 is 2.53 bits per heavy atom. The Labute approximate surface area is 114 Å². The molecule has 1 amide bonds. The maximum Gasteiger partial charge on any atom is 0.236 e. The van der Waals surface area contributed by atoms with E-state index in [0.29, 0.717) is 6.42 Å². The maximum atomic E-state index is 11.4. The Hall–Kier alpha value is -1.75. The highest BCUT2D eigenvalue weighted by molar-refractivity contribution is 5.75. The summed E-state index contributed by atoms with van der Waals surface area (Å²) in [4.78, 5) is 11.4. The van der Waals surface area contributed by atoms with Crippen LogP contribution in [0, 0.1) is 6.92 Å². The number of nitrogens with zero attached hydrogens (tertiary/aromatic N) is 1. The summed E-state index contributed by atoms with van der Waals surface area (Å²) in [5.74, 6) is 6.94. The predicted molar refractivity (Wildman–Crippen MR) is 74.2 cm³/mol. The topological polar surface area (TPSA) is 64.8 Å². The van der Waals surface area contributed by atoms with Crippen LogP contribution in [-0.2, 0) is 11.2 Å². The molecule has 0 saturated carbocycles. The number of nitrogens with two attached hydrogens (primary N) is 1. The van der Waals surface area contributed by atoms with Gasteiger partial charge in [-0.05, 0) is 31.4 Å². The molecule has 0 bridgehead atoms. The Balaban J connectivity index is 2.74. The van der Waals surface area contributed by atoms with Gasteiger partial charge >= 0.3 is 0 Å². The van der Waals surface area contributed by atoms with Gasteiger partial charge < -0.3 is 9.47 Å². The molecule has 0 unspecified atom stereocenters. The second-order valence-electron chi connectivity index (χ2n) is 4.44. The van der Waals surface area contributed by atoms with Crippen molar-refractivity contribution in [3.8, 4) is 11.5 Å². The van der Waals surface area contributed by atoms with E-state index in [0.717, 1.165) is 40.5 Å². The van der Waals surface area contributed by atoms with Gasteiger partial charge in [-0.1, -0.05) is 6.07 Å². The van der Waals surface area contributed by atoms with Gasteiger partial charge in [0.15, 0.2) is 0 Å². The van der Waals surface area contributed by atoms with E-state index in [9.17, 15) is 4.79 Å². The predicted octanol–water partition coefficient (Wildman–Crippen LogP) is 1.67. The lowest BCUT2D eigenvalue weighted by Gasteiger charge is -2.15. The highest BCUT2D eigenvalue weighted by Gasteiger charge is 2.12. The molecule has 1 aromatic carbocycles. The van der Waals surface area contributed by atoms with Crippen LogP contribution in [0.1, 0.15) is 24.0 Å². The van der Waals surface area contributed by atoms with E-state index in [1.165, 1.54) is 0 Å². The first-order valence-corrected chi connectivity index (χ1v) is 6.23. The molecule has 0 atom stereocenters. The molecule has 0 aliphatic carbocycles. The lowest BCUT2D eigenvalue weighted by Crippen LogP contribution is -2.32. The molecule has 1 aromatic rings. The minimum absolute atomic E-state index is 0.0656. The lowest BCUT2D eigenvalue weighted by molar-refractivity contribution is -0.130. The normalized spacial score (nSPS) is 10.2. The summed E-state index contributed by atoms with van der Waals surface area (Å²) in [6.07, 6.45) is 1.94. The summed E-state index contributed by atoms with van der Waals surface area (Å²) in [6.45, 7) is 1.96. The van der Waals surface area contributed by atoms with Gasteiger partial charge in [-0.15, -0.1) is 0 Å². The van der Waals surface area contributed by atoms with Crippen molar-refractivity contribution in [1.29, 1.82) is 0 Å². The highest BCUT2D eigenvalue weighted by atomic mass is 16.5. The minimum Gasteiger partial charge on any atom is -0.496 e. The molecule has 19 heavy (non-hydrogen) atoms. The van der Waals surface area contributed by atoms with Crippen LogP contribution < -0.4 is 15.3 Å². The molecule has 5 nitrogen and oxygen atoms in total. The average Bonchev–Trinajstić information content (AvgIpc) is 2.38. The van der Waals surface area contributed by atoms with E-state index in [1.807, 2.05) is 19.1 Å². The van der Waals surface area contributed by atoms with Gasteiger partial charge in [0.25, 0.3) is 0 Å². The molecule has 0 aliphatic rings. The monoisotopic (exact) mass is 266 g/mol. The lowest BCUT2D eigenvalue weighted by atomic mass is 10.0. The Kier molecular flexibility index (Phi) is 5.63. The van der Waals surface area contributed by atoms with Crippen LogP contribution in [-0.4, -0.2) is 32.2 Å². The van der Waals surface area contributed by atoms with Gasteiger partial charge in [-0.2, -0.15) is 0 Å². The second-order valence-corrected chi connectivity index (χ2v) is 4.44. The fraction of sp³-hybridized carbons (Fsp3) is 0.500. The van der Waals surface area contributed by atoms with Gasteiger partial charge in [0.1, 0.15) is 11.5 Å². The van der Waals surface area contributed by atoms with Crippen molar-refractivity contribution >= 4 is 5.91 Å². The second kappa shape index (κ2) is 6.99. The van der Waals surface area contributed by atoms with Crippen LogP contribution in [0.2, 0.25) is 0 Å². The van der Waals surface area contributed by atoms with Crippen molar-refractivity contribution in [3.05, 3.63) is 23.3 Å². The maximum absolute atomic E-state index is 11.4. The smallest absolute Gasteiger partial charge is 0.236 e. The number of hydrazine groups is 1. The van der Waals surface area contributed by atoms with Crippen LogP contribution in [0.4, 0.5) is 0 Å². The molecule has 0 spiro atoms. The summed E-state index contributed by atoms with van der Waals surface area (Å²) in [6, 6.07) is 3.89. The third kappa shape index (κ3) is 3.86. The first-order chi connectivity index (χ1) is 9.01. The zero-order valence-electron chi connectivity index (χ0n) is 12.0. The van der Waals surface area contributed by atoms with Crippen LogP contribution in [0.5, 0.6) is 11.5 Å². The fourth-order valence-corrected chi connectivity index (χ4v) is 2.04. The number of benzene rings is 1. The number of amides is 1. The van der Waals surface area contributed by atoms with Gasteiger partial charge in [0.05, 0.1) is 14.2 Å². The molecule has 106 valence electrons. The number of carbonyl (C=O) groups is 1. The average molecular weight is 266 g/mol. The number of aryl methyl sites for hydroxylation is 1. The standard InChI is InChI=1S/C14H22N2O3/c1-10-12(18-3)9-8-11(14(10)19-4)6-5-7-13(17)16(2)15/h8-9H,5-7,15H2,1-4H3. The van der Waals surface area contributed by atoms with Gasteiger partial charge in [-0.3, -0.25) is 9.80 Å². The minimum atomic E-state index is -0.0656. The molecule has 0 aliphatic heterocycles. The molecule has 0 radical (unpaired) electrons. The zero-order chi connectivity index (χ0) is 14.4. The van der Waals surface area contributed by atoms with Crippen molar-refractivity contribution in [2.45, 2.75) is 26.2 Å². The van der Waals surface area contributed by atoms with Crippen molar-refractivity contribution in [2.24, 2.45) is 5.84 Å². The molecule has 0 aromatic heterocycles. The molecule has 0 fully saturated rings. The quantitative estimate of drug-likeness (QED) is 0.483. The van der Waals surface area contributed by atoms with E-state index in [-0.39, 0.29) is 5.91 Å². The van der Waals surface area contributed by atoms with Gasteiger partial charge in [0.2, 0.25) is 5.91 Å². The van der Waals surface area contributed by atoms with Crippen LogP contribution >= 0.6 is 0 Å². The van der Waals surface area contributed by atoms with E-state index < -0.39 is 0 Å². The molecule has 0 saturated heterocycles. The summed E-state index contributed by atoms with van der Waals surface area (Å²) < 4.78 is 10.7. The summed E-state index contributed by atoms with van der Waals surface area (Å²) >= 11 is 0. The van der Waals surface area contributed by atoms with Crippen molar-refractivity contribution in [3.63, 3.8) is 0 Å². The third-order valence-corrected chi connectivity index (χ3v) is 3.09. The Morgan fingerprint density at radius 2 is 2.00 bits per heavy atom. The van der Waals surface area contributed by atoms with Crippen molar-refractivity contribution in [1.82, 2.24) is 5.01 Å². The van der Waals surface area contributed by atoms with Crippen LogP contribution in [0.15, 0.2) is 12.1 Å². The number of hydrogen-bond donors (Lipinski definition) is 1. The number of ether oxygens (including phenoxy) is 2. The SMILES string of the molecule is COc1ccc(CCCC(=O)N(C)N)c(OC)c1C. The van der Waals surface area contributed by atoms with E-state index in [1.54, 1.807) is 21.3 Å². The molecule has 0 heterocycles. The van der Waals surface area contributed by atoms with Gasteiger partial charge in [0, 0.05) is 19.0 Å². The largest absolute Gasteiger partial charge is 0.496 e. The molecular formula is C14H22N2O3. The van der Waals surface area contributed by atoms with Crippen LogP contribution in [0.3, 0.4) is 0 Å². The number of hydrogen-bond acceptors (Lipinski definition) is 4. The van der Waals surface area contributed by atoms with Crippen molar-refractivity contribution in [2.75, 3.05) is 21.3 Å². The first kappa shape index (κ1) is 15.3. The van der Waals surface area contributed by atoms with E-state index in [2.05, 4.69) is 0 Å². The number of rotatable bonds is 6. The van der Waals surface area contributed by atoms with Gasteiger partial charge in [-0.25, -0.2) is 5.84 Å². The number of methoxy groups -OCH3 is 2. The third-order valence-electron chi connectivity index (χ3n) is 3.09. The Morgan fingerprint density at radius 1 is 1.32 bits per heavy atom. The molecule has 2 N–H and O–H groups in total. The molecular weight excluding hydrogens is 244 g/mol. The van der Waals surface area contributed by atoms with Crippen LogP contribution in [0.25, 0.3) is 0 Å². The summed E-state index contributed by atoms with van der Waals surface area (Å²) in [5, 5.41) is 1.12. The van der Waals surface area contributed by atoms with Crippen molar-refractivity contribution < 1.29 is 14.3 Å². The Bertz CT molecular complexity index is 445.